The average molecular weight is 312 g/mol. The summed E-state index contributed by atoms with van der Waals surface area (Å²) in [6, 6.07) is 11.0. The standard InChI is InChI=1S/C14H8N4O3S/c15-8-11-13(16-14(19)12-6-3-7-22-12)18(21)10-5-2-1-4-9(10)17(11)20/h1-7H,(H,16,19). The zero-order valence-corrected chi connectivity index (χ0v) is 11.8. The van der Waals surface area contributed by atoms with Crippen LogP contribution < -0.4 is 14.8 Å². The third-order valence-electron chi connectivity index (χ3n) is 3.03. The van der Waals surface area contributed by atoms with Gasteiger partial charge in [0, 0.05) is 6.07 Å². The van der Waals surface area contributed by atoms with Crippen LogP contribution in [0.2, 0.25) is 0 Å². The summed E-state index contributed by atoms with van der Waals surface area (Å²) < 4.78 is 0.724. The van der Waals surface area contributed by atoms with Crippen molar-refractivity contribution in [2.75, 3.05) is 5.32 Å². The van der Waals surface area contributed by atoms with Crippen molar-refractivity contribution in [1.29, 1.82) is 5.26 Å². The molecule has 22 heavy (non-hydrogen) atoms. The van der Waals surface area contributed by atoms with Crippen LogP contribution in [0.1, 0.15) is 15.4 Å². The van der Waals surface area contributed by atoms with E-state index in [1.54, 1.807) is 35.7 Å². The number of carbonyl (C=O) groups excluding carboxylic acids is 1. The van der Waals surface area contributed by atoms with Gasteiger partial charge >= 0.3 is 17.4 Å². The number of rotatable bonds is 2. The van der Waals surface area contributed by atoms with Gasteiger partial charge in [-0.2, -0.15) is 10.6 Å². The molecule has 8 heteroatoms. The average Bonchev–Trinajstić information content (AvgIpc) is 3.07. The van der Waals surface area contributed by atoms with Crippen LogP contribution in [-0.4, -0.2) is 5.91 Å². The molecular formula is C14H8N4O3S. The summed E-state index contributed by atoms with van der Waals surface area (Å²) >= 11 is 1.19. The number of para-hydroxylation sites is 2. The summed E-state index contributed by atoms with van der Waals surface area (Å²) in [6.45, 7) is 0. The molecule has 3 rings (SSSR count). The molecule has 3 aromatic rings. The number of carbonyl (C=O) groups is 1. The van der Waals surface area contributed by atoms with E-state index in [0.717, 1.165) is 0 Å². The van der Waals surface area contributed by atoms with Crippen LogP contribution >= 0.6 is 11.3 Å². The second-order valence-corrected chi connectivity index (χ2v) is 5.27. The number of amides is 1. The second kappa shape index (κ2) is 5.31. The first kappa shape index (κ1) is 13.8. The molecule has 108 valence electrons. The van der Waals surface area contributed by atoms with Crippen LogP contribution in [0.15, 0.2) is 41.8 Å². The molecule has 0 aliphatic rings. The monoisotopic (exact) mass is 312 g/mol. The quantitative estimate of drug-likeness (QED) is 0.568. The molecule has 0 saturated heterocycles. The number of hydrogen-bond acceptors (Lipinski definition) is 5. The first-order valence-corrected chi connectivity index (χ1v) is 7.04. The molecule has 2 heterocycles. The number of fused-ring (bicyclic) bond motifs is 1. The third kappa shape index (κ3) is 2.10. The lowest BCUT2D eigenvalue weighted by Crippen LogP contribution is -2.44. The van der Waals surface area contributed by atoms with Crippen LogP contribution in [0, 0.1) is 21.7 Å². The normalized spacial score (nSPS) is 10.3. The number of aromatic nitrogens is 2. The summed E-state index contributed by atoms with van der Waals surface area (Å²) in [5.74, 6) is -0.930. The molecule has 0 saturated carbocycles. The van der Waals surface area contributed by atoms with Crippen molar-refractivity contribution in [1.82, 2.24) is 0 Å². The fourth-order valence-corrected chi connectivity index (χ4v) is 2.65. The molecule has 0 atom stereocenters. The van der Waals surface area contributed by atoms with E-state index in [4.69, 9.17) is 5.26 Å². The molecule has 0 bridgehead atoms. The Morgan fingerprint density at radius 1 is 1.14 bits per heavy atom. The van der Waals surface area contributed by atoms with E-state index in [9.17, 15) is 15.2 Å². The molecule has 0 unspecified atom stereocenters. The van der Waals surface area contributed by atoms with Gasteiger partial charge in [-0.3, -0.25) is 0 Å². The summed E-state index contributed by atoms with van der Waals surface area (Å²) in [5, 5.41) is 37.8. The fourth-order valence-electron chi connectivity index (χ4n) is 2.03. The lowest BCUT2D eigenvalue weighted by Gasteiger charge is -2.12. The highest BCUT2D eigenvalue weighted by molar-refractivity contribution is 7.12. The highest BCUT2D eigenvalue weighted by Gasteiger charge is 2.29. The molecule has 0 aliphatic heterocycles. The number of nitrogens with zero attached hydrogens (tertiary/aromatic N) is 3. The SMILES string of the molecule is N#Cc1c(NC(=O)c2cccs2)[n+]([O-])c2ccccc2[n+]1[O-]. The Balaban J connectivity index is 2.19. The van der Waals surface area contributed by atoms with Crippen molar-refractivity contribution in [3.05, 3.63) is 62.8 Å². The Morgan fingerprint density at radius 3 is 2.41 bits per heavy atom. The Hall–Kier alpha value is -3.18. The van der Waals surface area contributed by atoms with Crippen LogP contribution in [0.3, 0.4) is 0 Å². The first-order chi connectivity index (χ1) is 10.6. The van der Waals surface area contributed by atoms with Gasteiger partial charge in [0.15, 0.2) is 6.07 Å². The smallest absolute Gasteiger partial charge is 0.386 e. The highest BCUT2D eigenvalue weighted by atomic mass is 32.1. The van der Waals surface area contributed by atoms with Crippen molar-refractivity contribution in [3.63, 3.8) is 0 Å². The van der Waals surface area contributed by atoms with E-state index in [-0.39, 0.29) is 16.9 Å². The minimum Gasteiger partial charge on any atom is -0.710 e. The number of anilines is 1. The largest absolute Gasteiger partial charge is 0.710 e. The second-order valence-electron chi connectivity index (χ2n) is 4.32. The van der Waals surface area contributed by atoms with Crippen LogP contribution in [-0.2, 0) is 0 Å². The van der Waals surface area contributed by atoms with E-state index in [1.807, 2.05) is 0 Å². The lowest BCUT2D eigenvalue weighted by atomic mass is 10.2. The minimum atomic E-state index is -0.550. The first-order valence-electron chi connectivity index (χ1n) is 6.16. The molecule has 1 amide bonds. The van der Waals surface area contributed by atoms with Crippen LogP contribution in [0.25, 0.3) is 11.0 Å². The molecule has 7 nitrogen and oxygen atoms in total. The predicted molar refractivity (Wildman–Crippen MR) is 78.9 cm³/mol. The highest BCUT2D eigenvalue weighted by Crippen LogP contribution is 2.15. The van der Waals surface area contributed by atoms with Crippen molar-refractivity contribution in [2.24, 2.45) is 0 Å². The van der Waals surface area contributed by atoms with Crippen molar-refractivity contribution in [2.45, 2.75) is 0 Å². The number of benzene rings is 1. The summed E-state index contributed by atoms with van der Waals surface area (Å²) in [7, 11) is 0. The lowest BCUT2D eigenvalue weighted by molar-refractivity contribution is -0.620. The van der Waals surface area contributed by atoms with Crippen molar-refractivity contribution in [3.8, 4) is 6.07 Å². The van der Waals surface area contributed by atoms with Gasteiger partial charge in [-0.1, -0.05) is 18.2 Å². The zero-order valence-electron chi connectivity index (χ0n) is 11.0. The number of nitriles is 1. The van der Waals surface area contributed by atoms with E-state index in [2.05, 4.69) is 5.32 Å². The third-order valence-corrected chi connectivity index (χ3v) is 3.90. The van der Waals surface area contributed by atoms with E-state index in [0.29, 0.717) is 14.3 Å². The minimum absolute atomic E-state index is 0.0585. The summed E-state index contributed by atoms with van der Waals surface area (Å²) in [4.78, 5) is 12.4. The number of hydrogen-bond donors (Lipinski definition) is 1. The van der Waals surface area contributed by atoms with Gasteiger partial charge in [0.25, 0.3) is 5.52 Å². The molecule has 0 aliphatic carbocycles. The van der Waals surface area contributed by atoms with Crippen LogP contribution in [0.4, 0.5) is 5.82 Å². The van der Waals surface area contributed by atoms with Gasteiger partial charge in [0.1, 0.15) is 4.88 Å². The fraction of sp³-hybridized carbons (Fsp3) is 0. The van der Waals surface area contributed by atoms with E-state index in [1.165, 1.54) is 23.5 Å². The summed E-state index contributed by atoms with van der Waals surface area (Å²) in [6.07, 6.45) is 0. The topological polar surface area (TPSA) is 107 Å². The maximum atomic E-state index is 12.4. The van der Waals surface area contributed by atoms with Crippen LogP contribution in [0.5, 0.6) is 0 Å². The molecule has 0 radical (unpaired) electrons. The molecule has 2 aromatic heterocycles. The maximum absolute atomic E-state index is 12.4. The Labute approximate surface area is 128 Å². The Morgan fingerprint density at radius 2 is 1.82 bits per heavy atom. The van der Waals surface area contributed by atoms with Gasteiger partial charge in [0.2, 0.25) is 5.52 Å². The predicted octanol–water partition coefficient (Wildman–Crippen LogP) is 1.29. The molecule has 1 N–H and O–H groups in total. The number of nitrogens with one attached hydrogen (secondary N) is 1. The van der Waals surface area contributed by atoms with Crippen molar-refractivity contribution < 1.29 is 14.3 Å². The Bertz CT molecular complexity index is 916. The zero-order chi connectivity index (χ0) is 15.7. The molecule has 0 fully saturated rings. The molecule has 1 aromatic carbocycles. The number of thiophene rings is 1. The molecular weight excluding hydrogens is 304 g/mol. The van der Waals surface area contributed by atoms with Crippen molar-refractivity contribution >= 4 is 34.1 Å². The molecule has 0 spiro atoms. The summed E-state index contributed by atoms with van der Waals surface area (Å²) in [5.41, 5.74) is -0.334. The maximum Gasteiger partial charge on any atom is 0.386 e. The Kier molecular flexibility index (Phi) is 3.33. The van der Waals surface area contributed by atoms with E-state index >= 15 is 0 Å². The van der Waals surface area contributed by atoms with Gasteiger partial charge in [-0.25, -0.2) is 9.52 Å². The van der Waals surface area contributed by atoms with Gasteiger partial charge in [0.05, 0.1) is 0 Å². The van der Waals surface area contributed by atoms with E-state index < -0.39 is 11.6 Å². The van der Waals surface area contributed by atoms with Gasteiger partial charge in [-0.05, 0) is 17.5 Å². The van der Waals surface area contributed by atoms with Gasteiger partial charge in [-0.15, -0.1) is 16.1 Å². The van der Waals surface area contributed by atoms with Gasteiger partial charge < -0.3 is 10.4 Å².